The van der Waals surface area contributed by atoms with E-state index >= 15 is 0 Å². The molecule has 4 aliphatic rings. The van der Waals surface area contributed by atoms with Crippen LogP contribution in [0.15, 0.2) is 24.3 Å². The second-order valence-electron chi connectivity index (χ2n) is 8.28. The lowest BCUT2D eigenvalue weighted by Crippen LogP contribution is -2.60. The predicted octanol–water partition coefficient (Wildman–Crippen LogP) is 2.69. The first-order valence-corrected chi connectivity index (χ1v) is 9.15. The molecule has 4 nitrogen and oxygen atoms in total. The second kappa shape index (κ2) is 5.76. The molecule has 0 radical (unpaired) electrons. The number of hydrogen-bond donors (Lipinski definition) is 2. The molecule has 0 saturated heterocycles. The van der Waals surface area contributed by atoms with Crippen molar-refractivity contribution in [2.75, 3.05) is 13.7 Å². The van der Waals surface area contributed by atoms with Crippen molar-refractivity contribution in [2.45, 2.75) is 50.5 Å². The van der Waals surface area contributed by atoms with E-state index < -0.39 is 5.60 Å². The fraction of sp³-hybridized carbons (Fsp3) is 0.650. The van der Waals surface area contributed by atoms with Crippen LogP contribution >= 0.6 is 0 Å². The number of rotatable bonds is 5. The minimum absolute atomic E-state index is 0.157. The molecule has 4 fully saturated rings. The molecule has 4 bridgehead atoms. The molecule has 0 heterocycles. The summed E-state index contributed by atoms with van der Waals surface area (Å²) in [6, 6.07) is 7.94. The Hall–Kier alpha value is -1.55. The van der Waals surface area contributed by atoms with E-state index in [4.69, 9.17) is 4.74 Å². The molecule has 130 valence electrons. The van der Waals surface area contributed by atoms with E-state index in [9.17, 15) is 9.90 Å². The Kier molecular flexibility index (Phi) is 3.83. The summed E-state index contributed by atoms with van der Waals surface area (Å²) in [5.41, 5.74) is 0.216. The Bertz CT molecular complexity index is 628. The predicted molar refractivity (Wildman–Crippen MR) is 91.8 cm³/mol. The summed E-state index contributed by atoms with van der Waals surface area (Å²) in [5.74, 6) is 2.10. The van der Waals surface area contributed by atoms with Crippen LogP contribution in [0.4, 0.5) is 0 Å². The van der Waals surface area contributed by atoms with Gasteiger partial charge in [0, 0.05) is 6.54 Å². The van der Waals surface area contributed by atoms with Gasteiger partial charge in [-0.25, -0.2) is 0 Å². The average Bonchev–Trinajstić information content (AvgIpc) is 2.53. The van der Waals surface area contributed by atoms with Crippen molar-refractivity contribution in [3.63, 3.8) is 0 Å². The first kappa shape index (κ1) is 15.9. The van der Waals surface area contributed by atoms with E-state index in [-0.39, 0.29) is 11.3 Å². The van der Waals surface area contributed by atoms with Crippen LogP contribution in [-0.2, 0) is 11.2 Å². The molecule has 5 rings (SSSR count). The summed E-state index contributed by atoms with van der Waals surface area (Å²) < 4.78 is 5.37. The monoisotopic (exact) mass is 329 g/mol. The van der Waals surface area contributed by atoms with Gasteiger partial charge >= 0.3 is 0 Å². The molecule has 0 spiro atoms. The molecule has 1 aromatic rings. The third-order valence-corrected chi connectivity index (χ3v) is 6.38. The van der Waals surface area contributed by atoms with Gasteiger partial charge in [-0.3, -0.25) is 4.79 Å². The zero-order chi connectivity index (χ0) is 16.8. The van der Waals surface area contributed by atoms with Gasteiger partial charge in [-0.2, -0.15) is 0 Å². The molecular formula is C20H27NO3. The van der Waals surface area contributed by atoms with E-state index in [1.807, 2.05) is 24.3 Å². The van der Waals surface area contributed by atoms with E-state index in [1.54, 1.807) is 7.11 Å². The highest BCUT2D eigenvalue weighted by atomic mass is 16.5. The van der Waals surface area contributed by atoms with Gasteiger partial charge in [0.2, 0.25) is 5.91 Å². The zero-order valence-corrected chi connectivity index (χ0v) is 14.4. The van der Waals surface area contributed by atoms with Crippen molar-refractivity contribution in [1.29, 1.82) is 0 Å². The van der Waals surface area contributed by atoms with Crippen LogP contribution < -0.4 is 10.1 Å². The number of carbonyl (C=O) groups excluding carboxylic acids is 1. The van der Waals surface area contributed by atoms with E-state index in [1.165, 1.54) is 6.42 Å². The highest BCUT2D eigenvalue weighted by Crippen LogP contribution is 2.61. The highest BCUT2D eigenvalue weighted by Gasteiger charge is 2.59. The number of para-hydroxylation sites is 1. The number of benzene rings is 1. The molecule has 4 saturated carbocycles. The molecule has 0 aromatic heterocycles. The van der Waals surface area contributed by atoms with E-state index in [0.29, 0.717) is 24.8 Å². The lowest BCUT2D eigenvalue weighted by molar-refractivity contribution is -0.178. The molecule has 2 atom stereocenters. The molecular weight excluding hydrogens is 302 g/mol. The fourth-order valence-electron chi connectivity index (χ4n) is 5.89. The lowest BCUT2D eigenvalue weighted by atomic mass is 9.47. The van der Waals surface area contributed by atoms with Gasteiger partial charge in [0.05, 0.1) is 18.1 Å². The third kappa shape index (κ3) is 2.71. The largest absolute Gasteiger partial charge is 0.496 e. The van der Waals surface area contributed by atoms with Crippen LogP contribution in [0.5, 0.6) is 5.75 Å². The smallest absolute Gasteiger partial charge is 0.226 e. The van der Waals surface area contributed by atoms with Crippen molar-refractivity contribution >= 4 is 5.91 Å². The quantitative estimate of drug-likeness (QED) is 0.873. The first-order chi connectivity index (χ1) is 11.5. The second-order valence-corrected chi connectivity index (χ2v) is 8.28. The summed E-state index contributed by atoms with van der Waals surface area (Å²) in [6.45, 7) is 0.620. The van der Waals surface area contributed by atoms with Crippen molar-refractivity contribution in [2.24, 2.45) is 17.3 Å². The number of nitrogens with one attached hydrogen (secondary N) is 1. The normalized spacial score (nSPS) is 36.6. The van der Waals surface area contributed by atoms with Gasteiger partial charge in [-0.15, -0.1) is 0 Å². The molecule has 2 N–H and O–H groups in total. The Labute approximate surface area is 143 Å². The van der Waals surface area contributed by atoms with Crippen molar-refractivity contribution in [1.82, 2.24) is 5.32 Å². The average molecular weight is 329 g/mol. The molecule has 0 aliphatic heterocycles. The maximum Gasteiger partial charge on any atom is 0.226 e. The standard InChI is InChI=1S/C20H27NO3/c1-24-17-5-3-2-4-16(17)6-7-21-18(22)19-9-14-8-15(10-19)12-20(23,11-14)13-19/h2-5,14-15,23H,6-13H2,1H3,(H,21,22). The lowest BCUT2D eigenvalue weighted by Gasteiger charge is -2.59. The summed E-state index contributed by atoms with van der Waals surface area (Å²) in [4.78, 5) is 12.9. The maximum atomic E-state index is 12.9. The molecule has 2 unspecified atom stereocenters. The summed E-state index contributed by atoms with van der Waals surface area (Å²) in [7, 11) is 1.67. The summed E-state index contributed by atoms with van der Waals surface area (Å²) >= 11 is 0. The van der Waals surface area contributed by atoms with Gasteiger partial charge in [-0.1, -0.05) is 18.2 Å². The minimum atomic E-state index is -0.579. The number of aliphatic hydroxyl groups is 1. The number of hydrogen-bond acceptors (Lipinski definition) is 3. The fourth-order valence-corrected chi connectivity index (χ4v) is 5.89. The number of amides is 1. The Balaban J connectivity index is 1.40. The van der Waals surface area contributed by atoms with E-state index in [2.05, 4.69) is 5.32 Å². The van der Waals surface area contributed by atoms with Crippen LogP contribution in [0, 0.1) is 17.3 Å². The van der Waals surface area contributed by atoms with Crippen LogP contribution in [0.3, 0.4) is 0 Å². The SMILES string of the molecule is COc1ccccc1CCNC(=O)C12CC3CC(CC(O)(C3)C1)C2. The topological polar surface area (TPSA) is 58.6 Å². The Morgan fingerprint density at radius 3 is 2.62 bits per heavy atom. The minimum Gasteiger partial charge on any atom is -0.496 e. The molecule has 1 aromatic carbocycles. The molecule has 1 amide bonds. The van der Waals surface area contributed by atoms with Crippen molar-refractivity contribution in [3.8, 4) is 5.75 Å². The van der Waals surface area contributed by atoms with Gasteiger partial charge in [0.25, 0.3) is 0 Å². The van der Waals surface area contributed by atoms with Crippen molar-refractivity contribution < 1.29 is 14.6 Å². The Morgan fingerprint density at radius 2 is 1.96 bits per heavy atom. The van der Waals surface area contributed by atoms with Crippen LogP contribution in [0.2, 0.25) is 0 Å². The van der Waals surface area contributed by atoms with Crippen LogP contribution in [0.25, 0.3) is 0 Å². The molecule has 24 heavy (non-hydrogen) atoms. The maximum absolute atomic E-state index is 12.9. The van der Waals surface area contributed by atoms with Crippen molar-refractivity contribution in [3.05, 3.63) is 29.8 Å². The van der Waals surface area contributed by atoms with Crippen LogP contribution in [-0.4, -0.2) is 30.3 Å². The number of ether oxygens (including phenoxy) is 1. The molecule has 4 heteroatoms. The molecule has 4 aliphatic carbocycles. The highest BCUT2D eigenvalue weighted by molar-refractivity contribution is 5.83. The Morgan fingerprint density at radius 1 is 1.25 bits per heavy atom. The first-order valence-electron chi connectivity index (χ1n) is 9.15. The zero-order valence-electron chi connectivity index (χ0n) is 14.4. The van der Waals surface area contributed by atoms with Gasteiger partial charge in [-0.05, 0) is 68.4 Å². The summed E-state index contributed by atoms with van der Waals surface area (Å²) in [6.07, 6.45) is 6.37. The van der Waals surface area contributed by atoms with Crippen LogP contribution in [0.1, 0.15) is 44.1 Å². The number of carbonyl (C=O) groups is 1. The number of methoxy groups -OCH3 is 1. The van der Waals surface area contributed by atoms with Gasteiger partial charge in [0.1, 0.15) is 5.75 Å². The van der Waals surface area contributed by atoms with Gasteiger partial charge < -0.3 is 15.2 Å². The third-order valence-electron chi connectivity index (χ3n) is 6.38. The summed E-state index contributed by atoms with van der Waals surface area (Å²) in [5, 5.41) is 13.9. The van der Waals surface area contributed by atoms with Gasteiger partial charge in [0.15, 0.2) is 0 Å². The van der Waals surface area contributed by atoms with E-state index in [0.717, 1.165) is 43.4 Å².